The molecule has 86 valence electrons. The number of rotatable bonds is 4. The van der Waals surface area contributed by atoms with Crippen LogP contribution in [0.25, 0.3) is 0 Å². The van der Waals surface area contributed by atoms with E-state index in [9.17, 15) is 18.0 Å². The summed E-state index contributed by atoms with van der Waals surface area (Å²) in [7, 11) is -2.96. The van der Waals surface area contributed by atoms with Gasteiger partial charge in [-0.1, -0.05) is 0 Å². The highest BCUT2D eigenvalue weighted by molar-refractivity contribution is 7.90. The molecule has 0 bridgehead atoms. The minimum absolute atomic E-state index is 0.0826. The fourth-order valence-corrected chi connectivity index (χ4v) is 2.06. The molecule has 1 aliphatic rings. The molecule has 0 spiro atoms. The summed E-state index contributed by atoms with van der Waals surface area (Å²) in [5.74, 6) is -0.574. The van der Waals surface area contributed by atoms with Gasteiger partial charge in [0.05, 0.1) is 18.8 Å². The lowest BCUT2D eigenvalue weighted by Gasteiger charge is -2.24. The topological polar surface area (TPSA) is 83.6 Å². The van der Waals surface area contributed by atoms with E-state index < -0.39 is 9.84 Å². The minimum Gasteiger partial charge on any atom is -0.294 e. The van der Waals surface area contributed by atoms with Crippen LogP contribution in [-0.4, -0.2) is 56.8 Å². The maximum absolute atomic E-state index is 11.0. The largest absolute Gasteiger partial charge is 0.294 e. The van der Waals surface area contributed by atoms with Crippen molar-refractivity contribution in [1.82, 2.24) is 10.2 Å². The third-order valence-electron chi connectivity index (χ3n) is 2.00. The molecule has 1 rings (SSSR count). The number of amides is 2. The molecule has 1 fully saturated rings. The summed E-state index contributed by atoms with van der Waals surface area (Å²) < 4.78 is 21.7. The van der Waals surface area contributed by atoms with E-state index in [-0.39, 0.29) is 30.7 Å². The molecule has 1 aliphatic heterocycles. The van der Waals surface area contributed by atoms with E-state index in [0.717, 1.165) is 0 Å². The zero-order chi connectivity index (χ0) is 11.5. The summed E-state index contributed by atoms with van der Waals surface area (Å²) in [6.45, 7) is 0.775. The van der Waals surface area contributed by atoms with Crippen LogP contribution in [0.5, 0.6) is 0 Å². The molecule has 0 aromatic rings. The molecular formula is C8H14N2O4S. The number of piperazine rings is 1. The van der Waals surface area contributed by atoms with Crippen LogP contribution in [0.15, 0.2) is 0 Å². The summed E-state index contributed by atoms with van der Waals surface area (Å²) in [5.41, 5.74) is 0. The van der Waals surface area contributed by atoms with E-state index in [0.29, 0.717) is 13.0 Å². The van der Waals surface area contributed by atoms with Crippen LogP contribution in [0.1, 0.15) is 6.42 Å². The van der Waals surface area contributed by atoms with Crippen LogP contribution in [0.3, 0.4) is 0 Å². The van der Waals surface area contributed by atoms with Crippen molar-refractivity contribution in [1.29, 1.82) is 0 Å². The number of carbonyl (C=O) groups is 2. The number of sulfone groups is 1. The Bertz CT molecular complexity index is 347. The van der Waals surface area contributed by atoms with Crippen molar-refractivity contribution in [2.75, 3.05) is 31.6 Å². The first kappa shape index (κ1) is 12.1. The Kier molecular flexibility index (Phi) is 3.81. The lowest BCUT2D eigenvalue weighted by Crippen LogP contribution is -2.51. The summed E-state index contributed by atoms with van der Waals surface area (Å²) in [4.78, 5) is 23.5. The number of hydrogen-bond acceptors (Lipinski definition) is 5. The van der Waals surface area contributed by atoms with Crippen LogP contribution in [0, 0.1) is 0 Å². The Hall–Kier alpha value is -0.950. The quantitative estimate of drug-likeness (QED) is 0.591. The Morgan fingerprint density at radius 1 is 1.27 bits per heavy atom. The van der Waals surface area contributed by atoms with Gasteiger partial charge >= 0.3 is 0 Å². The lowest BCUT2D eigenvalue weighted by molar-refractivity contribution is -0.135. The Balaban J connectivity index is 2.33. The monoisotopic (exact) mass is 234 g/mol. The van der Waals surface area contributed by atoms with Gasteiger partial charge in [-0.2, -0.15) is 0 Å². The van der Waals surface area contributed by atoms with Gasteiger partial charge in [0, 0.05) is 12.8 Å². The number of carbonyl (C=O) groups excluding carboxylic acids is 2. The summed E-state index contributed by atoms with van der Waals surface area (Å²) in [6.07, 6.45) is 1.61. The second-order valence-corrected chi connectivity index (χ2v) is 5.93. The first-order valence-corrected chi connectivity index (χ1v) is 6.65. The maximum Gasteiger partial charge on any atom is 0.240 e. The van der Waals surface area contributed by atoms with E-state index in [1.54, 1.807) is 4.90 Å². The molecule has 0 radical (unpaired) electrons. The standard InChI is InChI=1S/C8H14N2O4S/c1-15(13,14)4-2-3-10-5-7(11)9-8(12)6-10/h2-6H2,1H3,(H,9,11,12). The molecule has 15 heavy (non-hydrogen) atoms. The zero-order valence-electron chi connectivity index (χ0n) is 8.52. The van der Waals surface area contributed by atoms with Crippen molar-refractivity contribution in [2.24, 2.45) is 0 Å². The normalized spacial score (nSPS) is 19.0. The maximum atomic E-state index is 11.0. The highest BCUT2D eigenvalue weighted by Crippen LogP contribution is 1.98. The van der Waals surface area contributed by atoms with Crippen molar-refractivity contribution in [2.45, 2.75) is 6.42 Å². The number of hydrogen-bond donors (Lipinski definition) is 1. The van der Waals surface area contributed by atoms with Crippen LogP contribution in [-0.2, 0) is 19.4 Å². The number of imide groups is 1. The fraction of sp³-hybridized carbons (Fsp3) is 0.750. The molecule has 7 heteroatoms. The molecule has 0 saturated carbocycles. The van der Waals surface area contributed by atoms with Gasteiger partial charge in [-0.05, 0) is 6.42 Å². The highest BCUT2D eigenvalue weighted by Gasteiger charge is 2.21. The Morgan fingerprint density at radius 3 is 2.27 bits per heavy atom. The molecule has 0 atom stereocenters. The van der Waals surface area contributed by atoms with E-state index in [1.165, 1.54) is 6.26 Å². The molecule has 6 nitrogen and oxygen atoms in total. The first-order chi connectivity index (χ1) is 6.87. The summed E-state index contributed by atoms with van der Waals surface area (Å²) in [6, 6.07) is 0. The molecule has 2 amide bonds. The van der Waals surface area contributed by atoms with Crippen molar-refractivity contribution < 1.29 is 18.0 Å². The molecule has 1 saturated heterocycles. The van der Waals surface area contributed by atoms with Crippen LogP contribution < -0.4 is 5.32 Å². The SMILES string of the molecule is CS(=O)(=O)CCCN1CC(=O)NC(=O)C1. The molecule has 0 aromatic carbocycles. The Labute approximate surface area is 88.5 Å². The number of nitrogens with zero attached hydrogens (tertiary/aromatic N) is 1. The Morgan fingerprint density at radius 2 is 1.80 bits per heavy atom. The predicted octanol–water partition coefficient (Wildman–Crippen LogP) is -1.62. The minimum atomic E-state index is -2.96. The molecular weight excluding hydrogens is 220 g/mol. The van der Waals surface area contributed by atoms with Crippen molar-refractivity contribution >= 4 is 21.7 Å². The fourth-order valence-electron chi connectivity index (χ4n) is 1.41. The molecule has 1 heterocycles. The van der Waals surface area contributed by atoms with Gasteiger partial charge in [0.1, 0.15) is 9.84 Å². The molecule has 0 aromatic heterocycles. The van der Waals surface area contributed by atoms with Crippen molar-refractivity contribution in [3.63, 3.8) is 0 Å². The van der Waals surface area contributed by atoms with Gasteiger partial charge in [-0.3, -0.25) is 19.8 Å². The molecule has 0 unspecified atom stereocenters. The van der Waals surface area contributed by atoms with Crippen LogP contribution in [0.2, 0.25) is 0 Å². The van der Waals surface area contributed by atoms with Crippen LogP contribution >= 0.6 is 0 Å². The van der Waals surface area contributed by atoms with E-state index in [1.807, 2.05) is 0 Å². The van der Waals surface area contributed by atoms with E-state index >= 15 is 0 Å². The average molecular weight is 234 g/mol. The van der Waals surface area contributed by atoms with Gasteiger partial charge in [-0.25, -0.2) is 8.42 Å². The zero-order valence-corrected chi connectivity index (χ0v) is 9.34. The average Bonchev–Trinajstić information content (AvgIpc) is 1.99. The summed E-state index contributed by atoms with van der Waals surface area (Å²) >= 11 is 0. The van der Waals surface area contributed by atoms with Gasteiger partial charge in [0.25, 0.3) is 0 Å². The van der Waals surface area contributed by atoms with Crippen LogP contribution in [0.4, 0.5) is 0 Å². The first-order valence-electron chi connectivity index (χ1n) is 4.59. The second kappa shape index (κ2) is 4.71. The smallest absolute Gasteiger partial charge is 0.240 e. The summed E-state index contributed by atoms with van der Waals surface area (Å²) in [5, 5.41) is 2.18. The third-order valence-corrected chi connectivity index (χ3v) is 3.03. The van der Waals surface area contributed by atoms with Crippen molar-refractivity contribution in [3.05, 3.63) is 0 Å². The molecule has 1 N–H and O–H groups in total. The third kappa shape index (κ3) is 4.89. The van der Waals surface area contributed by atoms with Crippen molar-refractivity contribution in [3.8, 4) is 0 Å². The van der Waals surface area contributed by atoms with Gasteiger partial charge < -0.3 is 0 Å². The highest BCUT2D eigenvalue weighted by atomic mass is 32.2. The van der Waals surface area contributed by atoms with E-state index in [2.05, 4.69) is 5.32 Å². The van der Waals surface area contributed by atoms with E-state index in [4.69, 9.17) is 0 Å². The van der Waals surface area contributed by atoms with Gasteiger partial charge in [0.15, 0.2) is 0 Å². The predicted molar refractivity (Wildman–Crippen MR) is 53.9 cm³/mol. The lowest BCUT2D eigenvalue weighted by atomic mass is 10.3. The second-order valence-electron chi connectivity index (χ2n) is 3.67. The number of nitrogens with one attached hydrogen (secondary N) is 1. The van der Waals surface area contributed by atoms with Gasteiger partial charge in [0.2, 0.25) is 11.8 Å². The molecule has 0 aliphatic carbocycles. The van der Waals surface area contributed by atoms with Gasteiger partial charge in [-0.15, -0.1) is 0 Å².